The van der Waals surface area contributed by atoms with E-state index in [0.717, 1.165) is 22.6 Å². The van der Waals surface area contributed by atoms with Gasteiger partial charge in [-0.3, -0.25) is 0 Å². The Bertz CT molecular complexity index is 678. The van der Waals surface area contributed by atoms with Gasteiger partial charge in [0, 0.05) is 6.07 Å². The Morgan fingerprint density at radius 3 is 2.55 bits per heavy atom. The number of ether oxygens (including phenoxy) is 1. The van der Waals surface area contributed by atoms with Crippen molar-refractivity contribution in [3.63, 3.8) is 0 Å². The van der Waals surface area contributed by atoms with Crippen LogP contribution in [-0.4, -0.2) is 5.16 Å². The van der Waals surface area contributed by atoms with Crippen LogP contribution in [0.3, 0.4) is 0 Å². The highest BCUT2D eigenvalue weighted by atomic mass is 16.5. The predicted octanol–water partition coefficient (Wildman–Crippen LogP) is 4.13. The molecule has 3 rings (SSSR count). The van der Waals surface area contributed by atoms with Gasteiger partial charge in [0.1, 0.15) is 18.1 Å². The lowest BCUT2D eigenvalue weighted by atomic mass is 10.1. The molecule has 0 fully saturated rings. The van der Waals surface area contributed by atoms with Gasteiger partial charge >= 0.3 is 0 Å². The van der Waals surface area contributed by atoms with Gasteiger partial charge in [-0.25, -0.2) is 0 Å². The van der Waals surface area contributed by atoms with Crippen molar-refractivity contribution in [2.45, 2.75) is 20.5 Å². The third-order valence-electron chi connectivity index (χ3n) is 3.10. The molecule has 0 saturated carbocycles. The number of furan rings is 1. The van der Waals surface area contributed by atoms with E-state index in [1.807, 2.05) is 50.2 Å². The molecular formula is C16H15NO3. The molecule has 0 aliphatic rings. The second-order valence-corrected chi connectivity index (χ2v) is 4.67. The molecule has 4 heteroatoms. The van der Waals surface area contributed by atoms with Gasteiger partial charge < -0.3 is 13.7 Å². The molecule has 0 aliphatic carbocycles. The summed E-state index contributed by atoms with van der Waals surface area (Å²) in [6, 6.07) is 11.5. The first-order valence-electron chi connectivity index (χ1n) is 6.42. The molecule has 0 saturated heterocycles. The van der Waals surface area contributed by atoms with Crippen molar-refractivity contribution in [3.05, 3.63) is 59.5 Å². The fraction of sp³-hybridized carbons (Fsp3) is 0.188. The predicted molar refractivity (Wildman–Crippen MR) is 74.5 cm³/mol. The van der Waals surface area contributed by atoms with Crippen LogP contribution in [0.25, 0.3) is 11.5 Å². The average Bonchev–Trinajstić information content (AvgIpc) is 3.09. The smallest absolute Gasteiger partial charge is 0.202 e. The molecule has 0 unspecified atom stereocenters. The van der Waals surface area contributed by atoms with Crippen LogP contribution in [0.5, 0.6) is 5.75 Å². The van der Waals surface area contributed by atoms with Crippen LogP contribution in [0.4, 0.5) is 0 Å². The first-order valence-corrected chi connectivity index (χ1v) is 6.42. The number of rotatable bonds is 4. The van der Waals surface area contributed by atoms with E-state index in [2.05, 4.69) is 5.16 Å². The minimum Gasteiger partial charge on any atom is -0.487 e. The molecule has 2 aromatic heterocycles. The quantitative estimate of drug-likeness (QED) is 0.714. The summed E-state index contributed by atoms with van der Waals surface area (Å²) in [6.45, 7) is 4.43. The van der Waals surface area contributed by atoms with E-state index < -0.39 is 0 Å². The first-order chi connectivity index (χ1) is 9.74. The summed E-state index contributed by atoms with van der Waals surface area (Å²) in [5.41, 5.74) is 2.96. The monoisotopic (exact) mass is 269 g/mol. The van der Waals surface area contributed by atoms with Gasteiger partial charge in [-0.1, -0.05) is 23.4 Å². The fourth-order valence-corrected chi connectivity index (χ4v) is 2.09. The third-order valence-corrected chi connectivity index (χ3v) is 3.10. The standard InChI is InChI=1S/C16H15NO3/c1-11-5-3-6-12(2)16(11)19-10-13-9-15(20-17-13)14-7-4-8-18-14/h3-9H,10H2,1-2H3. The van der Waals surface area contributed by atoms with Crippen molar-refractivity contribution in [3.8, 4) is 17.3 Å². The minimum absolute atomic E-state index is 0.371. The molecule has 0 bridgehead atoms. The largest absolute Gasteiger partial charge is 0.487 e. The topological polar surface area (TPSA) is 48.4 Å². The highest BCUT2D eigenvalue weighted by molar-refractivity contribution is 5.49. The molecule has 2 heterocycles. The summed E-state index contributed by atoms with van der Waals surface area (Å²) in [6.07, 6.45) is 1.60. The SMILES string of the molecule is Cc1cccc(C)c1OCc1cc(-c2ccco2)on1. The van der Waals surface area contributed by atoms with Gasteiger partial charge in [-0.2, -0.15) is 0 Å². The molecule has 0 amide bonds. The molecule has 0 atom stereocenters. The molecule has 0 spiro atoms. The summed E-state index contributed by atoms with van der Waals surface area (Å²) in [5.74, 6) is 2.17. The molecule has 0 N–H and O–H groups in total. The second kappa shape index (κ2) is 5.25. The lowest BCUT2D eigenvalue weighted by molar-refractivity contribution is 0.286. The van der Waals surface area contributed by atoms with Crippen LogP contribution >= 0.6 is 0 Å². The molecule has 102 valence electrons. The number of nitrogens with zero attached hydrogens (tertiary/aromatic N) is 1. The molecule has 0 radical (unpaired) electrons. The maximum Gasteiger partial charge on any atom is 0.202 e. The Kier molecular flexibility index (Phi) is 3.29. The Hall–Kier alpha value is -2.49. The van der Waals surface area contributed by atoms with Crippen LogP contribution < -0.4 is 4.74 Å². The normalized spacial score (nSPS) is 10.7. The summed E-state index contributed by atoms with van der Waals surface area (Å²) in [5, 5.41) is 3.99. The molecule has 3 aromatic rings. The second-order valence-electron chi connectivity index (χ2n) is 4.67. The van der Waals surface area contributed by atoms with Crippen molar-refractivity contribution in [2.75, 3.05) is 0 Å². The van der Waals surface area contributed by atoms with Crippen LogP contribution in [-0.2, 0) is 6.61 Å². The summed E-state index contributed by atoms with van der Waals surface area (Å²) < 4.78 is 16.3. The zero-order chi connectivity index (χ0) is 13.9. The Balaban J connectivity index is 1.73. The number of hydrogen-bond donors (Lipinski definition) is 0. The van der Waals surface area contributed by atoms with E-state index in [9.17, 15) is 0 Å². The highest BCUT2D eigenvalue weighted by Gasteiger charge is 2.10. The number of benzene rings is 1. The molecule has 4 nitrogen and oxygen atoms in total. The molecule has 20 heavy (non-hydrogen) atoms. The minimum atomic E-state index is 0.371. The van der Waals surface area contributed by atoms with Crippen LogP contribution in [0.2, 0.25) is 0 Å². The van der Waals surface area contributed by atoms with E-state index in [4.69, 9.17) is 13.7 Å². The number of aromatic nitrogens is 1. The molecule has 1 aromatic carbocycles. The number of aryl methyl sites for hydroxylation is 2. The molecule has 0 aliphatic heterocycles. The van der Waals surface area contributed by atoms with Gasteiger partial charge in [0.2, 0.25) is 5.76 Å². The summed E-state index contributed by atoms with van der Waals surface area (Å²) in [4.78, 5) is 0. The van der Waals surface area contributed by atoms with Crippen LogP contribution in [0.1, 0.15) is 16.8 Å². The number of hydrogen-bond acceptors (Lipinski definition) is 4. The van der Waals surface area contributed by atoms with Crippen molar-refractivity contribution >= 4 is 0 Å². The van der Waals surface area contributed by atoms with E-state index >= 15 is 0 Å². The average molecular weight is 269 g/mol. The van der Waals surface area contributed by atoms with Crippen molar-refractivity contribution in [2.24, 2.45) is 0 Å². The van der Waals surface area contributed by atoms with Gasteiger partial charge in [0.15, 0.2) is 5.76 Å². The van der Waals surface area contributed by atoms with E-state index in [1.54, 1.807) is 6.26 Å². The zero-order valence-corrected chi connectivity index (χ0v) is 11.4. The summed E-state index contributed by atoms with van der Waals surface area (Å²) >= 11 is 0. The maximum atomic E-state index is 5.83. The lowest BCUT2D eigenvalue weighted by Gasteiger charge is -2.10. The Morgan fingerprint density at radius 2 is 1.85 bits per heavy atom. The van der Waals surface area contributed by atoms with Crippen molar-refractivity contribution < 1.29 is 13.7 Å². The van der Waals surface area contributed by atoms with E-state index in [1.165, 1.54) is 0 Å². The highest BCUT2D eigenvalue weighted by Crippen LogP contribution is 2.25. The van der Waals surface area contributed by atoms with Crippen LogP contribution in [0.15, 0.2) is 51.6 Å². The maximum absolute atomic E-state index is 5.83. The van der Waals surface area contributed by atoms with Gasteiger partial charge in [0.25, 0.3) is 0 Å². The van der Waals surface area contributed by atoms with E-state index in [-0.39, 0.29) is 0 Å². The van der Waals surface area contributed by atoms with Crippen molar-refractivity contribution in [1.29, 1.82) is 0 Å². The molecular weight excluding hydrogens is 254 g/mol. The fourth-order valence-electron chi connectivity index (χ4n) is 2.09. The van der Waals surface area contributed by atoms with E-state index in [0.29, 0.717) is 18.1 Å². The third kappa shape index (κ3) is 2.45. The van der Waals surface area contributed by atoms with Gasteiger partial charge in [-0.15, -0.1) is 0 Å². The zero-order valence-electron chi connectivity index (χ0n) is 11.4. The van der Waals surface area contributed by atoms with Gasteiger partial charge in [0.05, 0.1) is 6.26 Å². The Labute approximate surface area is 117 Å². The summed E-state index contributed by atoms with van der Waals surface area (Å²) in [7, 11) is 0. The number of para-hydroxylation sites is 1. The van der Waals surface area contributed by atoms with Gasteiger partial charge in [-0.05, 0) is 37.1 Å². The van der Waals surface area contributed by atoms with Crippen molar-refractivity contribution in [1.82, 2.24) is 5.16 Å². The Morgan fingerprint density at radius 1 is 1.05 bits per heavy atom. The van der Waals surface area contributed by atoms with Crippen LogP contribution in [0, 0.1) is 13.8 Å². The first kappa shape index (κ1) is 12.5. The lowest BCUT2D eigenvalue weighted by Crippen LogP contribution is -1.98.